The number of ether oxygens (including phenoxy) is 2. The SMILES string of the molecule is COC(=O)C1=C(C(=O)O)N2C(=O)[C@H](NC(=O)Cc3ccccc3)[C@@H]2CO1. The van der Waals surface area contributed by atoms with Crippen molar-refractivity contribution in [1.82, 2.24) is 10.2 Å². The van der Waals surface area contributed by atoms with E-state index in [4.69, 9.17) is 4.74 Å². The van der Waals surface area contributed by atoms with Gasteiger partial charge >= 0.3 is 11.9 Å². The Kier molecular flexibility index (Phi) is 4.61. The number of β-lactam (4-membered cyclic amide) rings is 1. The lowest BCUT2D eigenvalue weighted by atomic mass is 9.92. The molecule has 0 saturated carbocycles. The van der Waals surface area contributed by atoms with Crippen molar-refractivity contribution in [3.05, 3.63) is 47.4 Å². The van der Waals surface area contributed by atoms with Crippen molar-refractivity contribution in [2.45, 2.75) is 18.5 Å². The number of hydrogen-bond acceptors (Lipinski definition) is 6. The van der Waals surface area contributed by atoms with E-state index in [1.165, 1.54) is 0 Å². The average Bonchev–Trinajstić information content (AvgIpc) is 2.64. The number of benzene rings is 1. The van der Waals surface area contributed by atoms with E-state index >= 15 is 0 Å². The summed E-state index contributed by atoms with van der Waals surface area (Å²) in [5, 5.41) is 11.9. The van der Waals surface area contributed by atoms with Crippen LogP contribution < -0.4 is 5.32 Å². The van der Waals surface area contributed by atoms with E-state index < -0.39 is 41.4 Å². The number of amides is 2. The molecule has 1 aromatic rings. The number of esters is 1. The molecule has 0 unspecified atom stereocenters. The van der Waals surface area contributed by atoms with Gasteiger partial charge in [0.25, 0.3) is 5.91 Å². The van der Waals surface area contributed by atoms with Gasteiger partial charge in [-0.25, -0.2) is 9.59 Å². The molecule has 9 nitrogen and oxygen atoms in total. The maximum absolute atomic E-state index is 12.4. The zero-order valence-corrected chi connectivity index (χ0v) is 13.8. The van der Waals surface area contributed by atoms with Crippen LogP contribution in [0.1, 0.15) is 5.56 Å². The summed E-state index contributed by atoms with van der Waals surface area (Å²) in [5.41, 5.74) is 0.208. The number of nitrogens with one attached hydrogen (secondary N) is 1. The van der Waals surface area contributed by atoms with Crippen LogP contribution in [0.15, 0.2) is 41.8 Å². The minimum Gasteiger partial charge on any atom is -0.483 e. The molecule has 2 heterocycles. The molecule has 1 aromatic carbocycles. The van der Waals surface area contributed by atoms with Crippen LogP contribution in [0.2, 0.25) is 0 Å². The van der Waals surface area contributed by atoms with Crippen LogP contribution >= 0.6 is 0 Å². The number of hydrogen-bond donors (Lipinski definition) is 2. The molecule has 26 heavy (non-hydrogen) atoms. The third kappa shape index (κ3) is 2.99. The van der Waals surface area contributed by atoms with Crippen molar-refractivity contribution < 1.29 is 33.8 Å². The standard InChI is InChI=1S/C17H16N2O7/c1-25-17(24)14-13(16(22)23)19-10(8-26-14)12(15(19)21)18-11(20)7-9-5-3-2-4-6-9/h2-6,10,12H,7-8H2,1H3,(H,18,20)(H,22,23)/t10-,12+/m0/s1. The van der Waals surface area contributed by atoms with Crippen LogP contribution in [-0.2, 0) is 35.1 Å². The van der Waals surface area contributed by atoms with Gasteiger partial charge in [-0.1, -0.05) is 30.3 Å². The fraction of sp³-hybridized carbons (Fsp3) is 0.294. The molecule has 0 aromatic heterocycles. The van der Waals surface area contributed by atoms with Crippen molar-refractivity contribution >= 4 is 23.8 Å². The second-order valence-corrected chi connectivity index (χ2v) is 5.77. The molecule has 136 valence electrons. The van der Waals surface area contributed by atoms with Gasteiger partial charge in [-0.15, -0.1) is 0 Å². The summed E-state index contributed by atoms with van der Waals surface area (Å²) in [6.45, 7) is -0.122. The minimum absolute atomic E-state index is 0.0905. The van der Waals surface area contributed by atoms with E-state index in [-0.39, 0.29) is 18.9 Å². The fourth-order valence-corrected chi connectivity index (χ4v) is 2.95. The van der Waals surface area contributed by atoms with Gasteiger partial charge in [0, 0.05) is 0 Å². The molecule has 2 N–H and O–H groups in total. The summed E-state index contributed by atoms with van der Waals surface area (Å²) in [5.74, 6) is -3.98. The van der Waals surface area contributed by atoms with E-state index in [0.29, 0.717) is 0 Å². The van der Waals surface area contributed by atoms with Gasteiger partial charge in [0.1, 0.15) is 18.7 Å². The average molecular weight is 360 g/mol. The molecule has 3 rings (SSSR count). The number of rotatable bonds is 5. The molecule has 9 heteroatoms. The van der Waals surface area contributed by atoms with Crippen LogP contribution in [0.5, 0.6) is 0 Å². The Balaban J connectivity index is 1.73. The summed E-state index contributed by atoms with van der Waals surface area (Å²) in [6, 6.07) is 7.39. The molecular formula is C17H16N2O7. The van der Waals surface area contributed by atoms with Crippen LogP contribution in [0.3, 0.4) is 0 Å². The van der Waals surface area contributed by atoms with Gasteiger partial charge in [-0.2, -0.15) is 0 Å². The maximum atomic E-state index is 12.4. The molecule has 2 atom stereocenters. The Hall–Kier alpha value is -3.36. The second-order valence-electron chi connectivity index (χ2n) is 5.77. The van der Waals surface area contributed by atoms with Crippen LogP contribution in [0.4, 0.5) is 0 Å². The normalized spacial score (nSPS) is 21.3. The number of fused-ring (bicyclic) bond motifs is 1. The number of aliphatic carboxylic acids is 1. The van der Waals surface area contributed by atoms with E-state index in [9.17, 15) is 24.3 Å². The molecule has 1 fully saturated rings. The summed E-state index contributed by atoms with van der Waals surface area (Å²) in [6.07, 6.45) is 0.0905. The smallest absolute Gasteiger partial charge is 0.375 e. The van der Waals surface area contributed by atoms with Crippen molar-refractivity contribution in [1.29, 1.82) is 0 Å². The summed E-state index contributed by atoms with van der Waals surface area (Å²) >= 11 is 0. The topological polar surface area (TPSA) is 122 Å². The maximum Gasteiger partial charge on any atom is 0.375 e. The second kappa shape index (κ2) is 6.87. The van der Waals surface area contributed by atoms with Gasteiger partial charge in [-0.05, 0) is 5.56 Å². The first-order valence-electron chi connectivity index (χ1n) is 7.79. The predicted molar refractivity (Wildman–Crippen MR) is 85.3 cm³/mol. The Morgan fingerprint density at radius 2 is 2.00 bits per heavy atom. The highest BCUT2D eigenvalue weighted by atomic mass is 16.6. The van der Waals surface area contributed by atoms with Crippen LogP contribution in [0, 0.1) is 0 Å². The molecule has 2 aliphatic rings. The zero-order chi connectivity index (χ0) is 18.8. The van der Waals surface area contributed by atoms with Gasteiger partial charge in [0.15, 0.2) is 5.70 Å². The monoisotopic (exact) mass is 360 g/mol. The number of methoxy groups -OCH3 is 1. The van der Waals surface area contributed by atoms with Crippen LogP contribution in [-0.4, -0.2) is 59.6 Å². The largest absolute Gasteiger partial charge is 0.483 e. The Labute approximate surface area is 148 Å². The van der Waals surface area contributed by atoms with Crippen molar-refractivity contribution in [2.24, 2.45) is 0 Å². The third-order valence-corrected chi connectivity index (χ3v) is 4.17. The summed E-state index contributed by atoms with van der Waals surface area (Å²) in [4.78, 5) is 48.6. The lowest BCUT2D eigenvalue weighted by Crippen LogP contribution is -2.73. The quantitative estimate of drug-likeness (QED) is 0.532. The van der Waals surface area contributed by atoms with Gasteiger partial charge < -0.3 is 19.9 Å². The number of carboxylic acid groups (broad SMARTS) is 1. The highest BCUT2D eigenvalue weighted by Crippen LogP contribution is 2.33. The molecule has 2 aliphatic heterocycles. The molecular weight excluding hydrogens is 344 g/mol. The van der Waals surface area contributed by atoms with Gasteiger partial charge in [0.2, 0.25) is 11.7 Å². The number of carboxylic acids is 1. The fourth-order valence-electron chi connectivity index (χ4n) is 2.95. The summed E-state index contributed by atoms with van der Waals surface area (Å²) < 4.78 is 9.67. The van der Waals surface area contributed by atoms with Crippen molar-refractivity contribution in [3.8, 4) is 0 Å². The van der Waals surface area contributed by atoms with Gasteiger partial charge in [0.05, 0.1) is 13.5 Å². The minimum atomic E-state index is -1.49. The van der Waals surface area contributed by atoms with E-state index in [1.54, 1.807) is 24.3 Å². The van der Waals surface area contributed by atoms with E-state index in [1.807, 2.05) is 6.07 Å². The molecule has 0 bridgehead atoms. The van der Waals surface area contributed by atoms with Gasteiger partial charge in [-0.3, -0.25) is 14.5 Å². The Bertz CT molecular complexity index is 803. The molecule has 0 spiro atoms. The molecule has 0 aliphatic carbocycles. The van der Waals surface area contributed by atoms with E-state index in [2.05, 4.69) is 10.1 Å². The number of nitrogens with zero attached hydrogens (tertiary/aromatic N) is 1. The third-order valence-electron chi connectivity index (χ3n) is 4.17. The Morgan fingerprint density at radius 3 is 2.62 bits per heavy atom. The lowest BCUT2D eigenvalue weighted by Gasteiger charge is -2.49. The first kappa shape index (κ1) is 17.5. The van der Waals surface area contributed by atoms with Crippen LogP contribution in [0.25, 0.3) is 0 Å². The number of carbonyl (C=O) groups excluding carboxylic acids is 3. The summed E-state index contributed by atoms with van der Waals surface area (Å²) in [7, 11) is 1.08. The molecule has 2 amide bonds. The molecule has 0 radical (unpaired) electrons. The van der Waals surface area contributed by atoms with Crippen molar-refractivity contribution in [2.75, 3.05) is 13.7 Å². The zero-order valence-electron chi connectivity index (χ0n) is 13.8. The highest BCUT2D eigenvalue weighted by molar-refractivity contribution is 6.05. The highest BCUT2D eigenvalue weighted by Gasteiger charge is 2.55. The van der Waals surface area contributed by atoms with Crippen molar-refractivity contribution in [3.63, 3.8) is 0 Å². The molecule has 1 saturated heterocycles. The Morgan fingerprint density at radius 1 is 1.31 bits per heavy atom. The van der Waals surface area contributed by atoms with E-state index in [0.717, 1.165) is 17.6 Å². The first-order valence-corrected chi connectivity index (χ1v) is 7.79. The predicted octanol–water partition coefficient (Wildman–Crippen LogP) is -0.576. The number of carbonyl (C=O) groups is 4. The lowest BCUT2D eigenvalue weighted by molar-refractivity contribution is -0.163. The first-order chi connectivity index (χ1) is 12.4.